The third-order valence-electron chi connectivity index (χ3n) is 4.22. The highest BCUT2D eigenvalue weighted by atomic mass is 35.5. The number of likely N-dealkylation sites (tertiary alicyclic amines) is 1. The second-order valence-electron chi connectivity index (χ2n) is 5.85. The van der Waals surface area contributed by atoms with Gasteiger partial charge in [0.1, 0.15) is 5.78 Å². The van der Waals surface area contributed by atoms with Gasteiger partial charge < -0.3 is 0 Å². The van der Waals surface area contributed by atoms with E-state index < -0.39 is 0 Å². The van der Waals surface area contributed by atoms with Gasteiger partial charge in [0, 0.05) is 24.9 Å². The van der Waals surface area contributed by atoms with Gasteiger partial charge in [0.15, 0.2) is 0 Å². The summed E-state index contributed by atoms with van der Waals surface area (Å²) in [6, 6.07) is 10.6. The molecular formula is C18H24ClNO. The van der Waals surface area contributed by atoms with Crippen LogP contribution in [0.4, 0.5) is 0 Å². The van der Waals surface area contributed by atoms with E-state index >= 15 is 0 Å². The number of rotatable bonds is 7. The molecule has 0 spiro atoms. The first-order valence-electron chi connectivity index (χ1n) is 7.81. The SMILES string of the molecule is O=C(C/C=C/Cl)CCC1CCN(Cc2ccccc2)CC1. The molecular weight excluding hydrogens is 282 g/mol. The van der Waals surface area contributed by atoms with Crippen LogP contribution in [-0.4, -0.2) is 23.8 Å². The van der Waals surface area contributed by atoms with Crippen LogP contribution in [0.2, 0.25) is 0 Å². The first-order valence-corrected chi connectivity index (χ1v) is 8.25. The molecule has 1 aromatic carbocycles. The third kappa shape index (κ3) is 6.03. The number of ketones is 1. The van der Waals surface area contributed by atoms with Crippen LogP contribution in [0.15, 0.2) is 41.9 Å². The second-order valence-corrected chi connectivity index (χ2v) is 6.10. The highest BCUT2D eigenvalue weighted by Gasteiger charge is 2.19. The monoisotopic (exact) mass is 305 g/mol. The van der Waals surface area contributed by atoms with Crippen LogP contribution < -0.4 is 0 Å². The Hall–Kier alpha value is -1.12. The summed E-state index contributed by atoms with van der Waals surface area (Å²) in [7, 11) is 0. The van der Waals surface area contributed by atoms with Crippen molar-refractivity contribution in [2.45, 2.75) is 38.6 Å². The van der Waals surface area contributed by atoms with Crippen LogP contribution >= 0.6 is 11.6 Å². The van der Waals surface area contributed by atoms with Crippen molar-refractivity contribution < 1.29 is 4.79 Å². The number of halogens is 1. The molecule has 1 aromatic rings. The number of benzene rings is 1. The Balaban J connectivity index is 1.65. The number of Topliss-reactive ketones (excluding diaryl/α,β-unsaturated/α-hetero) is 1. The number of nitrogens with zero attached hydrogens (tertiary/aromatic N) is 1. The number of carbonyl (C=O) groups excluding carboxylic acids is 1. The number of piperidine rings is 1. The van der Waals surface area contributed by atoms with E-state index in [0.29, 0.717) is 24.5 Å². The van der Waals surface area contributed by atoms with Crippen LogP contribution in [0.3, 0.4) is 0 Å². The molecule has 0 unspecified atom stereocenters. The molecule has 21 heavy (non-hydrogen) atoms. The minimum Gasteiger partial charge on any atom is -0.299 e. The largest absolute Gasteiger partial charge is 0.299 e. The standard InChI is InChI=1S/C18H24ClNO/c19-12-4-7-18(21)9-8-16-10-13-20(14-11-16)15-17-5-2-1-3-6-17/h1-6,12,16H,7-11,13-15H2/b12-4+. The maximum atomic E-state index is 11.6. The van der Waals surface area contributed by atoms with Crippen LogP contribution in [-0.2, 0) is 11.3 Å². The van der Waals surface area contributed by atoms with Gasteiger partial charge in [-0.2, -0.15) is 0 Å². The summed E-state index contributed by atoms with van der Waals surface area (Å²) in [6.07, 6.45) is 6.37. The molecule has 114 valence electrons. The van der Waals surface area contributed by atoms with Crippen molar-refractivity contribution in [1.82, 2.24) is 4.90 Å². The fourth-order valence-corrected chi connectivity index (χ4v) is 3.01. The summed E-state index contributed by atoms with van der Waals surface area (Å²) >= 11 is 5.44. The van der Waals surface area contributed by atoms with Crippen molar-refractivity contribution in [3.05, 3.63) is 47.5 Å². The highest BCUT2D eigenvalue weighted by Crippen LogP contribution is 2.23. The Kier molecular flexibility index (Phi) is 6.98. The lowest BCUT2D eigenvalue weighted by atomic mass is 9.91. The average Bonchev–Trinajstić information content (AvgIpc) is 2.53. The number of allylic oxidation sites excluding steroid dienone is 1. The number of hydrogen-bond donors (Lipinski definition) is 0. The normalized spacial score (nSPS) is 17.4. The molecule has 0 bridgehead atoms. The second kappa shape index (κ2) is 9.01. The molecule has 0 amide bonds. The fraction of sp³-hybridized carbons (Fsp3) is 0.500. The zero-order valence-corrected chi connectivity index (χ0v) is 13.3. The van der Waals surface area contributed by atoms with Crippen LogP contribution in [0, 0.1) is 5.92 Å². The van der Waals surface area contributed by atoms with E-state index in [-0.39, 0.29) is 0 Å². The molecule has 1 aliphatic heterocycles. The minimum absolute atomic E-state index is 0.304. The average molecular weight is 306 g/mol. The number of hydrogen-bond acceptors (Lipinski definition) is 2. The third-order valence-corrected chi connectivity index (χ3v) is 4.40. The van der Waals surface area contributed by atoms with E-state index in [1.165, 1.54) is 23.9 Å². The lowest BCUT2D eigenvalue weighted by molar-refractivity contribution is -0.118. The predicted octanol–water partition coefficient (Wildman–Crippen LogP) is 4.39. The molecule has 1 heterocycles. The summed E-state index contributed by atoms with van der Waals surface area (Å²) < 4.78 is 0. The van der Waals surface area contributed by atoms with Crippen molar-refractivity contribution >= 4 is 17.4 Å². The first kappa shape index (κ1) is 16.3. The molecule has 2 nitrogen and oxygen atoms in total. The predicted molar refractivity (Wildman–Crippen MR) is 88.3 cm³/mol. The summed E-state index contributed by atoms with van der Waals surface area (Å²) in [6.45, 7) is 3.34. The zero-order chi connectivity index (χ0) is 14.9. The number of carbonyl (C=O) groups is 1. The van der Waals surface area contributed by atoms with Gasteiger partial charge in [-0.3, -0.25) is 9.69 Å². The van der Waals surface area contributed by atoms with E-state index in [1.807, 2.05) is 0 Å². The van der Waals surface area contributed by atoms with Crippen LogP contribution in [0.25, 0.3) is 0 Å². The van der Waals surface area contributed by atoms with E-state index in [4.69, 9.17) is 11.6 Å². The Morgan fingerprint density at radius 1 is 1.24 bits per heavy atom. The molecule has 0 aliphatic carbocycles. The van der Waals surface area contributed by atoms with E-state index in [2.05, 4.69) is 35.2 Å². The van der Waals surface area contributed by atoms with Crippen molar-refractivity contribution in [3.63, 3.8) is 0 Å². The Bertz CT molecular complexity index is 450. The lowest BCUT2D eigenvalue weighted by Crippen LogP contribution is -2.33. The van der Waals surface area contributed by atoms with E-state index in [1.54, 1.807) is 6.08 Å². The molecule has 3 heteroatoms. The molecule has 1 aliphatic rings. The maximum Gasteiger partial charge on any atom is 0.136 e. The van der Waals surface area contributed by atoms with E-state index in [9.17, 15) is 4.79 Å². The van der Waals surface area contributed by atoms with Crippen molar-refractivity contribution in [1.29, 1.82) is 0 Å². The van der Waals surface area contributed by atoms with Gasteiger partial charge in [0.25, 0.3) is 0 Å². The van der Waals surface area contributed by atoms with Crippen molar-refractivity contribution in [2.75, 3.05) is 13.1 Å². The molecule has 1 fully saturated rings. The Labute approximate surface area is 132 Å². The maximum absolute atomic E-state index is 11.6. The van der Waals surface area contributed by atoms with Gasteiger partial charge in [-0.25, -0.2) is 0 Å². The molecule has 1 saturated heterocycles. The molecule has 0 radical (unpaired) electrons. The summed E-state index contributed by atoms with van der Waals surface area (Å²) in [4.78, 5) is 14.1. The van der Waals surface area contributed by atoms with Gasteiger partial charge >= 0.3 is 0 Å². The van der Waals surface area contributed by atoms with Gasteiger partial charge in [-0.1, -0.05) is 48.0 Å². The van der Waals surface area contributed by atoms with Crippen molar-refractivity contribution in [3.8, 4) is 0 Å². The van der Waals surface area contributed by atoms with Gasteiger partial charge in [0.2, 0.25) is 0 Å². The Morgan fingerprint density at radius 2 is 1.95 bits per heavy atom. The van der Waals surface area contributed by atoms with Gasteiger partial charge in [0.05, 0.1) is 0 Å². The minimum atomic E-state index is 0.304. The van der Waals surface area contributed by atoms with Gasteiger partial charge in [-0.05, 0) is 43.8 Å². The molecule has 2 rings (SSSR count). The molecule has 0 saturated carbocycles. The first-order chi connectivity index (χ1) is 10.3. The smallest absolute Gasteiger partial charge is 0.136 e. The zero-order valence-electron chi connectivity index (χ0n) is 12.5. The topological polar surface area (TPSA) is 20.3 Å². The highest BCUT2D eigenvalue weighted by molar-refractivity contribution is 6.25. The van der Waals surface area contributed by atoms with Crippen LogP contribution in [0.1, 0.15) is 37.7 Å². The summed E-state index contributed by atoms with van der Waals surface area (Å²) in [5.41, 5.74) is 2.82. The summed E-state index contributed by atoms with van der Waals surface area (Å²) in [5, 5.41) is 0. The van der Waals surface area contributed by atoms with Crippen molar-refractivity contribution in [2.24, 2.45) is 5.92 Å². The molecule has 0 aromatic heterocycles. The Morgan fingerprint density at radius 3 is 2.62 bits per heavy atom. The van der Waals surface area contributed by atoms with Crippen LogP contribution in [0.5, 0.6) is 0 Å². The quantitative estimate of drug-likeness (QED) is 0.744. The molecule has 0 atom stereocenters. The van der Waals surface area contributed by atoms with E-state index in [0.717, 1.165) is 26.1 Å². The fourth-order valence-electron chi connectivity index (χ4n) is 2.92. The van der Waals surface area contributed by atoms with Gasteiger partial charge in [-0.15, -0.1) is 0 Å². The lowest BCUT2D eigenvalue weighted by Gasteiger charge is -2.31. The molecule has 0 N–H and O–H groups in total. The summed E-state index contributed by atoms with van der Waals surface area (Å²) in [5.74, 6) is 1.01.